The van der Waals surface area contributed by atoms with E-state index in [2.05, 4.69) is 41.8 Å². The van der Waals surface area contributed by atoms with Crippen LogP contribution in [0, 0.1) is 0 Å². The van der Waals surface area contributed by atoms with Gasteiger partial charge in [-0.3, -0.25) is 14.9 Å². The van der Waals surface area contributed by atoms with Crippen molar-refractivity contribution in [1.82, 2.24) is 15.3 Å². The minimum atomic E-state index is -0.795. The maximum absolute atomic E-state index is 12.5. The number of halogens is 2. The van der Waals surface area contributed by atoms with Crippen molar-refractivity contribution in [3.05, 3.63) is 69.9 Å². The molecular formula is C20H16BrClN6O4. The predicted molar refractivity (Wildman–Crippen MR) is 122 cm³/mol. The lowest BCUT2D eigenvalue weighted by atomic mass is 10.1. The first-order valence-corrected chi connectivity index (χ1v) is 10.2. The Morgan fingerprint density at radius 2 is 1.78 bits per heavy atom. The lowest BCUT2D eigenvalue weighted by Crippen LogP contribution is -2.35. The Labute approximate surface area is 195 Å². The third kappa shape index (κ3) is 6.23. The van der Waals surface area contributed by atoms with Gasteiger partial charge in [-0.05, 0) is 46.3 Å². The van der Waals surface area contributed by atoms with Gasteiger partial charge in [0.15, 0.2) is 0 Å². The molecule has 5 N–H and O–H groups in total. The van der Waals surface area contributed by atoms with Crippen molar-refractivity contribution in [3.63, 3.8) is 0 Å². The van der Waals surface area contributed by atoms with Crippen LogP contribution in [0.3, 0.4) is 0 Å². The summed E-state index contributed by atoms with van der Waals surface area (Å²) in [6.45, 7) is -0.245. The monoisotopic (exact) mass is 518 g/mol. The average Bonchev–Trinajstić information content (AvgIpc) is 2.77. The molecule has 10 nitrogen and oxygen atoms in total. The molecular weight excluding hydrogens is 504 g/mol. The van der Waals surface area contributed by atoms with Gasteiger partial charge >= 0.3 is 12.0 Å². The molecule has 0 spiro atoms. The molecule has 0 saturated carbocycles. The van der Waals surface area contributed by atoms with Crippen LogP contribution in [0.15, 0.2) is 59.3 Å². The minimum Gasteiger partial charge on any atom is -0.423 e. The Hall–Kier alpha value is -3.54. The van der Waals surface area contributed by atoms with Gasteiger partial charge in [0.25, 0.3) is 5.91 Å². The predicted octanol–water partition coefficient (Wildman–Crippen LogP) is 3.54. The number of nitrogens with zero attached hydrogens (tertiary/aromatic N) is 2. The molecule has 0 aliphatic rings. The Bertz CT molecular complexity index is 1160. The van der Waals surface area contributed by atoms with Gasteiger partial charge in [0.05, 0.1) is 27.3 Å². The Kier molecular flexibility index (Phi) is 7.71. The van der Waals surface area contributed by atoms with E-state index < -0.39 is 17.8 Å². The number of hydrogen-bond acceptors (Lipinski definition) is 7. The lowest BCUT2D eigenvalue weighted by molar-refractivity contribution is -0.114. The highest BCUT2D eigenvalue weighted by atomic mass is 79.9. The highest BCUT2D eigenvalue weighted by Crippen LogP contribution is 2.30. The number of amides is 4. The molecule has 12 heteroatoms. The summed E-state index contributed by atoms with van der Waals surface area (Å²) in [7, 11) is 0. The van der Waals surface area contributed by atoms with Crippen LogP contribution in [0.1, 0.15) is 10.4 Å². The number of carbonyl (C=O) groups is 3. The molecule has 0 atom stereocenters. The number of anilines is 2. The molecule has 0 fully saturated rings. The van der Waals surface area contributed by atoms with Crippen LogP contribution in [0.4, 0.5) is 16.2 Å². The number of imide groups is 1. The van der Waals surface area contributed by atoms with Crippen LogP contribution in [-0.2, 0) is 4.79 Å². The second kappa shape index (κ2) is 10.7. The molecule has 0 radical (unpaired) electrons. The number of ether oxygens (including phenoxy) is 1. The van der Waals surface area contributed by atoms with Crippen molar-refractivity contribution in [2.24, 2.45) is 5.73 Å². The minimum absolute atomic E-state index is 0.0968. The fraction of sp³-hybridized carbons (Fsp3) is 0.0500. The maximum Gasteiger partial charge on any atom is 0.326 e. The van der Waals surface area contributed by atoms with Gasteiger partial charge in [0.1, 0.15) is 5.75 Å². The van der Waals surface area contributed by atoms with E-state index in [1.165, 1.54) is 42.7 Å². The van der Waals surface area contributed by atoms with Gasteiger partial charge in [0, 0.05) is 18.1 Å². The van der Waals surface area contributed by atoms with Crippen molar-refractivity contribution in [3.8, 4) is 11.8 Å². The van der Waals surface area contributed by atoms with Gasteiger partial charge in [-0.1, -0.05) is 23.7 Å². The largest absolute Gasteiger partial charge is 0.423 e. The molecule has 1 aromatic heterocycles. The number of rotatable bonds is 6. The van der Waals surface area contributed by atoms with Crippen molar-refractivity contribution in [1.29, 1.82) is 0 Å². The number of nitrogens with two attached hydrogens (primary N) is 1. The molecule has 2 aromatic carbocycles. The second-order valence-corrected chi connectivity index (χ2v) is 7.46. The topological polar surface area (TPSA) is 148 Å². The number of aromatic nitrogens is 2. The summed E-state index contributed by atoms with van der Waals surface area (Å²) in [5, 5.41) is 7.37. The summed E-state index contributed by atoms with van der Waals surface area (Å²) < 4.78 is 6.19. The van der Waals surface area contributed by atoms with Gasteiger partial charge < -0.3 is 21.1 Å². The maximum atomic E-state index is 12.5. The quantitative estimate of drug-likeness (QED) is 0.389. The van der Waals surface area contributed by atoms with Crippen LogP contribution in [0.2, 0.25) is 5.02 Å². The molecule has 0 bridgehead atoms. The van der Waals surface area contributed by atoms with E-state index in [0.29, 0.717) is 10.2 Å². The molecule has 164 valence electrons. The van der Waals surface area contributed by atoms with Crippen molar-refractivity contribution < 1.29 is 19.1 Å². The third-order valence-electron chi connectivity index (χ3n) is 3.85. The lowest BCUT2D eigenvalue weighted by Gasteiger charge is -2.12. The normalized spacial score (nSPS) is 10.2. The van der Waals surface area contributed by atoms with Gasteiger partial charge in [-0.2, -0.15) is 0 Å². The summed E-state index contributed by atoms with van der Waals surface area (Å²) in [5.74, 6) is -0.908. The highest BCUT2D eigenvalue weighted by Gasteiger charge is 2.16. The fourth-order valence-electron chi connectivity index (χ4n) is 2.44. The summed E-state index contributed by atoms with van der Waals surface area (Å²) in [6, 6.07) is 10.00. The summed E-state index contributed by atoms with van der Waals surface area (Å²) >= 11 is 9.43. The standard InChI is InChI=1S/C20H16BrClN6O4/c21-11-9-24-20(25-10-11)32-16-6-5-12(7-14(16)22)26-19(31)28-18(30)13-3-1-2-4-15(13)27-17(29)8-23/h1-7,9-10H,8,23H2,(H,27,29)(H2,26,28,30,31). The van der Waals surface area contributed by atoms with Crippen LogP contribution < -0.4 is 26.4 Å². The molecule has 1 heterocycles. The van der Waals surface area contributed by atoms with E-state index in [1.54, 1.807) is 12.1 Å². The molecule has 0 aliphatic heterocycles. The number of para-hydroxylation sites is 1. The van der Waals surface area contributed by atoms with Crippen molar-refractivity contribution >= 4 is 56.8 Å². The van der Waals surface area contributed by atoms with Crippen molar-refractivity contribution in [2.75, 3.05) is 17.2 Å². The van der Waals surface area contributed by atoms with Crippen LogP contribution in [0.25, 0.3) is 0 Å². The zero-order chi connectivity index (χ0) is 23.1. The summed E-state index contributed by atoms with van der Waals surface area (Å²) in [5.41, 5.74) is 5.92. The molecule has 32 heavy (non-hydrogen) atoms. The van der Waals surface area contributed by atoms with E-state index in [4.69, 9.17) is 22.1 Å². The first-order valence-electron chi connectivity index (χ1n) is 9.02. The first-order chi connectivity index (χ1) is 15.4. The van der Waals surface area contributed by atoms with E-state index in [-0.39, 0.29) is 34.6 Å². The van der Waals surface area contributed by atoms with Crippen LogP contribution in [0.5, 0.6) is 11.8 Å². The number of nitrogens with one attached hydrogen (secondary N) is 3. The Morgan fingerprint density at radius 3 is 2.47 bits per heavy atom. The van der Waals surface area contributed by atoms with Crippen LogP contribution >= 0.6 is 27.5 Å². The third-order valence-corrected chi connectivity index (χ3v) is 4.55. The molecule has 3 aromatic rings. The molecule has 0 saturated heterocycles. The molecule has 0 aliphatic carbocycles. The molecule has 3 rings (SSSR count). The number of benzene rings is 2. The van der Waals surface area contributed by atoms with Crippen molar-refractivity contribution in [2.45, 2.75) is 0 Å². The summed E-state index contributed by atoms with van der Waals surface area (Å²) in [6.07, 6.45) is 3.04. The van der Waals surface area contributed by atoms with Gasteiger partial charge in [0.2, 0.25) is 5.91 Å². The van der Waals surface area contributed by atoms with Gasteiger partial charge in [-0.15, -0.1) is 0 Å². The van der Waals surface area contributed by atoms with E-state index >= 15 is 0 Å². The fourth-order valence-corrected chi connectivity index (χ4v) is 2.86. The van der Waals surface area contributed by atoms with Gasteiger partial charge in [-0.25, -0.2) is 14.8 Å². The number of urea groups is 1. The van der Waals surface area contributed by atoms with E-state index in [0.717, 1.165) is 0 Å². The first kappa shape index (κ1) is 23.1. The Balaban J connectivity index is 1.64. The van der Waals surface area contributed by atoms with E-state index in [1.807, 2.05) is 0 Å². The number of carbonyl (C=O) groups excluding carboxylic acids is 3. The Morgan fingerprint density at radius 1 is 1.06 bits per heavy atom. The summed E-state index contributed by atoms with van der Waals surface area (Å²) in [4.78, 5) is 44.2. The highest BCUT2D eigenvalue weighted by molar-refractivity contribution is 9.10. The zero-order valence-corrected chi connectivity index (χ0v) is 18.6. The average molecular weight is 520 g/mol. The zero-order valence-electron chi connectivity index (χ0n) is 16.3. The smallest absolute Gasteiger partial charge is 0.326 e. The SMILES string of the molecule is NCC(=O)Nc1ccccc1C(=O)NC(=O)Nc1ccc(Oc2ncc(Br)cn2)c(Cl)c1. The van der Waals surface area contributed by atoms with Crippen LogP contribution in [-0.4, -0.2) is 34.4 Å². The second-order valence-electron chi connectivity index (χ2n) is 6.14. The number of hydrogen-bond donors (Lipinski definition) is 4. The molecule has 0 unspecified atom stereocenters. The van der Waals surface area contributed by atoms with E-state index in [9.17, 15) is 14.4 Å². The molecule has 4 amide bonds.